The van der Waals surface area contributed by atoms with Gasteiger partial charge in [-0.1, -0.05) is 31.9 Å². The van der Waals surface area contributed by atoms with Crippen LogP contribution < -0.4 is 0 Å². The van der Waals surface area contributed by atoms with Crippen LogP contribution in [0.2, 0.25) is 0 Å². The summed E-state index contributed by atoms with van der Waals surface area (Å²) in [6.07, 6.45) is 10.1. The van der Waals surface area contributed by atoms with E-state index in [-0.39, 0.29) is 0 Å². The molecule has 0 aromatic heterocycles. The predicted octanol–water partition coefficient (Wildman–Crippen LogP) is 2.88. The summed E-state index contributed by atoms with van der Waals surface area (Å²) < 4.78 is 0. The number of hydrogen-bond donors (Lipinski definition) is 0. The van der Waals surface area contributed by atoms with Crippen LogP contribution in [0.25, 0.3) is 0 Å². The van der Waals surface area contributed by atoms with Crippen molar-refractivity contribution in [3.05, 3.63) is 23.8 Å². The highest BCUT2D eigenvalue weighted by molar-refractivity contribution is 5.66. The molecule has 1 nitrogen and oxygen atoms in total. The molecule has 0 aromatic carbocycles. The van der Waals surface area contributed by atoms with Crippen LogP contribution in [-0.4, -0.2) is 6.29 Å². The fourth-order valence-electron chi connectivity index (χ4n) is 0.754. The molecule has 0 bridgehead atoms. The first kappa shape index (κ1) is 10.2. The lowest BCUT2D eigenvalue weighted by atomic mass is 10.2. The normalized spacial score (nSPS) is 12.4. The molecule has 0 radical (unpaired) electrons. The maximum absolute atomic E-state index is 9.99. The van der Waals surface area contributed by atoms with Crippen molar-refractivity contribution in [2.45, 2.75) is 33.1 Å². The second-order valence-electron chi connectivity index (χ2n) is 2.59. The molecule has 0 saturated heterocycles. The van der Waals surface area contributed by atoms with Gasteiger partial charge < -0.3 is 0 Å². The number of carbonyl (C=O) groups excluding carboxylic acids is 1. The van der Waals surface area contributed by atoms with Gasteiger partial charge >= 0.3 is 0 Å². The van der Waals surface area contributed by atoms with Gasteiger partial charge in [-0.2, -0.15) is 0 Å². The quantitative estimate of drug-likeness (QED) is 0.256. The van der Waals surface area contributed by atoms with Crippen LogP contribution in [0.15, 0.2) is 23.8 Å². The first-order valence-corrected chi connectivity index (χ1v) is 4.10. The van der Waals surface area contributed by atoms with Crippen molar-refractivity contribution in [2.75, 3.05) is 0 Å². The zero-order chi connectivity index (χ0) is 8.53. The van der Waals surface area contributed by atoms with Gasteiger partial charge in [0.25, 0.3) is 0 Å². The van der Waals surface area contributed by atoms with E-state index < -0.39 is 0 Å². The molecule has 0 N–H and O–H groups in total. The van der Waals surface area contributed by atoms with Gasteiger partial charge in [-0.05, 0) is 25.0 Å². The van der Waals surface area contributed by atoms with E-state index in [0.29, 0.717) is 0 Å². The van der Waals surface area contributed by atoms with E-state index in [1.165, 1.54) is 12.8 Å². The average Bonchev–Trinajstić information content (AvgIpc) is 1.99. The lowest BCUT2D eigenvalue weighted by molar-refractivity contribution is -0.104. The zero-order valence-electron chi connectivity index (χ0n) is 7.34. The van der Waals surface area contributed by atoms with Crippen LogP contribution in [0.4, 0.5) is 0 Å². The molecular weight excluding hydrogens is 136 g/mol. The molecule has 1 heteroatoms. The van der Waals surface area contributed by atoms with Crippen LogP contribution in [0, 0.1) is 0 Å². The lowest BCUT2D eigenvalue weighted by Crippen LogP contribution is -1.71. The van der Waals surface area contributed by atoms with Crippen molar-refractivity contribution in [2.24, 2.45) is 0 Å². The predicted molar refractivity (Wildman–Crippen MR) is 48.5 cm³/mol. The Morgan fingerprint density at radius 2 is 2.18 bits per heavy atom. The van der Waals surface area contributed by atoms with Crippen LogP contribution in [0.3, 0.4) is 0 Å². The molecule has 0 aromatic rings. The minimum absolute atomic E-state index is 0.819. The fraction of sp³-hybridized carbons (Fsp3) is 0.500. The summed E-state index contributed by atoms with van der Waals surface area (Å²) in [6, 6.07) is 0. The monoisotopic (exact) mass is 152 g/mol. The van der Waals surface area contributed by atoms with E-state index in [9.17, 15) is 4.79 Å². The van der Waals surface area contributed by atoms with Crippen molar-refractivity contribution in [1.29, 1.82) is 0 Å². The van der Waals surface area contributed by atoms with E-state index in [1.807, 2.05) is 13.0 Å². The number of rotatable bonds is 5. The van der Waals surface area contributed by atoms with Crippen molar-refractivity contribution in [3.8, 4) is 0 Å². The second kappa shape index (κ2) is 7.26. The molecule has 0 heterocycles. The Kier molecular flexibility index (Phi) is 6.70. The molecule has 0 amide bonds. The highest BCUT2D eigenvalue weighted by Crippen LogP contribution is 1.98. The topological polar surface area (TPSA) is 17.1 Å². The standard InChI is InChI=1S/C10H16O/c1-3-4-5-6-7-10(2)8-9-11/h6-9H,3-5H2,1-2H3. The van der Waals surface area contributed by atoms with Crippen LogP contribution >= 0.6 is 0 Å². The molecule has 0 aliphatic rings. The molecule has 62 valence electrons. The Morgan fingerprint density at radius 3 is 2.73 bits per heavy atom. The summed E-state index contributed by atoms with van der Waals surface area (Å²) in [5.41, 5.74) is 1.02. The Bertz CT molecular complexity index is 154. The first-order valence-electron chi connectivity index (χ1n) is 4.10. The number of unbranched alkanes of at least 4 members (excludes halogenated alkanes) is 2. The average molecular weight is 152 g/mol. The van der Waals surface area contributed by atoms with Gasteiger partial charge in [0.05, 0.1) is 0 Å². The fourth-order valence-corrected chi connectivity index (χ4v) is 0.754. The van der Waals surface area contributed by atoms with Gasteiger partial charge in [0.1, 0.15) is 6.29 Å². The summed E-state index contributed by atoms with van der Waals surface area (Å²) in [6.45, 7) is 4.10. The molecule has 0 unspecified atom stereocenters. The van der Waals surface area contributed by atoms with Crippen molar-refractivity contribution in [3.63, 3.8) is 0 Å². The SMILES string of the molecule is CCCCC=CC(C)=CC=O. The van der Waals surface area contributed by atoms with E-state index in [2.05, 4.69) is 13.0 Å². The van der Waals surface area contributed by atoms with Gasteiger partial charge in [0, 0.05) is 0 Å². The number of aldehydes is 1. The Morgan fingerprint density at radius 1 is 1.45 bits per heavy atom. The van der Waals surface area contributed by atoms with Crippen molar-refractivity contribution < 1.29 is 4.79 Å². The molecule has 0 aliphatic heterocycles. The number of allylic oxidation sites excluding steroid dienone is 4. The van der Waals surface area contributed by atoms with Gasteiger partial charge in [-0.25, -0.2) is 0 Å². The minimum Gasteiger partial charge on any atom is -0.299 e. The van der Waals surface area contributed by atoms with Gasteiger partial charge in [0.2, 0.25) is 0 Å². The van der Waals surface area contributed by atoms with Crippen LogP contribution in [0.1, 0.15) is 33.1 Å². The zero-order valence-corrected chi connectivity index (χ0v) is 7.34. The van der Waals surface area contributed by atoms with E-state index in [0.717, 1.165) is 18.3 Å². The van der Waals surface area contributed by atoms with Crippen molar-refractivity contribution in [1.82, 2.24) is 0 Å². The maximum atomic E-state index is 9.99. The Balaban J connectivity index is 3.56. The second-order valence-corrected chi connectivity index (χ2v) is 2.59. The third-order valence-electron chi connectivity index (χ3n) is 1.44. The summed E-state index contributed by atoms with van der Waals surface area (Å²) in [5.74, 6) is 0. The first-order chi connectivity index (χ1) is 5.31. The summed E-state index contributed by atoms with van der Waals surface area (Å²) in [4.78, 5) is 9.99. The molecule has 0 saturated carbocycles. The molecule has 0 fully saturated rings. The van der Waals surface area contributed by atoms with Crippen LogP contribution in [-0.2, 0) is 4.79 Å². The highest BCUT2D eigenvalue weighted by atomic mass is 16.1. The van der Waals surface area contributed by atoms with Gasteiger partial charge in [-0.3, -0.25) is 4.79 Å². The lowest BCUT2D eigenvalue weighted by Gasteiger charge is -1.88. The van der Waals surface area contributed by atoms with Crippen molar-refractivity contribution >= 4 is 6.29 Å². The Labute approximate surface area is 68.8 Å². The van der Waals surface area contributed by atoms with Gasteiger partial charge in [-0.15, -0.1) is 0 Å². The molecule has 0 rings (SSSR count). The number of hydrogen-bond acceptors (Lipinski definition) is 1. The maximum Gasteiger partial charge on any atom is 0.143 e. The Hall–Kier alpha value is -0.850. The molecule has 0 atom stereocenters. The molecule has 0 spiro atoms. The third kappa shape index (κ3) is 7.04. The smallest absolute Gasteiger partial charge is 0.143 e. The molecule has 11 heavy (non-hydrogen) atoms. The molecule has 0 aliphatic carbocycles. The highest BCUT2D eigenvalue weighted by Gasteiger charge is 1.80. The third-order valence-corrected chi connectivity index (χ3v) is 1.44. The largest absolute Gasteiger partial charge is 0.299 e. The van der Waals surface area contributed by atoms with Gasteiger partial charge in [0.15, 0.2) is 0 Å². The van der Waals surface area contributed by atoms with E-state index >= 15 is 0 Å². The minimum atomic E-state index is 0.819. The summed E-state index contributed by atoms with van der Waals surface area (Å²) in [5, 5.41) is 0. The molecular formula is C10H16O. The summed E-state index contributed by atoms with van der Waals surface area (Å²) in [7, 11) is 0. The van der Waals surface area contributed by atoms with E-state index in [1.54, 1.807) is 6.08 Å². The number of carbonyl (C=O) groups is 1. The summed E-state index contributed by atoms with van der Waals surface area (Å²) >= 11 is 0. The van der Waals surface area contributed by atoms with E-state index in [4.69, 9.17) is 0 Å². The van der Waals surface area contributed by atoms with Crippen LogP contribution in [0.5, 0.6) is 0 Å².